The van der Waals surface area contributed by atoms with Gasteiger partial charge in [-0.05, 0) is 75.3 Å². The van der Waals surface area contributed by atoms with Crippen LogP contribution in [0.15, 0.2) is 42.5 Å². The van der Waals surface area contributed by atoms with Crippen molar-refractivity contribution in [3.8, 4) is 5.75 Å². The van der Waals surface area contributed by atoms with Crippen molar-refractivity contribution in [3.05, 3.63) is 64.7 Å². The van der Waals surface area contributed by atoms with Crippen LogP contribution in [0.1, 0.15) is 55.0 Å². The fourth-order valence-corrected chi connectivity index (χ4v) is 3.31. The molecule has 2 aromatic carbocycles. The van der Waals surface area contributed by atoms with Crippen LogP contribution in [0.5, 0.6) is 5.75 Å². The topological polar surface area (TPSA) is 38.3 Å². The lowest BCUT2D eigenvalue weighted by molar-refractivity contribution is -0.127. The van der Waals surface area contributed by atoms with Crippen molar-refractivity contribution in [2.24, 2.45) is 0 Å². The van der Waals surface area contributed by atoms with Gasteiger partial charge in [0.25, 0.3) is 5.91 Å². The normalized spacial score (nSPS) is 15.8. The summed E-state index contributed by atoms with van der Waals surface area (Å²) in [5.41, 5.74) is 5.10. The van der Waals surface area contributed by atoms with E-state index in [0.717, 1.165) is 24.2 Å². The molecule has 1 aliphatic rings. The Kier molecular flexibility index (Phi) is 5.42. The number of hydrogen-bond donors (Lipinski definition) is 1. The Morgan fingerprint density at radius 3 is 2.40 bits per heavy atom. The highest BCUT2D eigenvalue weighted by atomic mass is 16.5. The molecule has 0 aromatic heterocycles. The first-order valence-corrected chi connectivity index (χ1v) is 9.18. The Morgan fingerprint density at radius 2 is 1.68 bits per heavy atom. The Hall–Kier alpha value is -2.29. The maximum Gasteiger partial charge on any atom is 0.261 e. The standard InChI is InChI=1S/C22H27NO2/c1-15-8-10-18(11-9-15)16(2)23-22(24)17(3)25-21-13-12-19-6-4-5-7-20(19)14-21/h8-14,16-17H,4-7H2,1-3H3,(H,23,24)/t16-,17+/m0/s1. The molecule has 0 radical (unpaired) electrons. The van der Waals surface area contributed by atoms with Crippen LogP contribution in [0.3, 0.4) is 0 Å². The summed E-state index contributed by atoms with van der Waals surface area (Å²) in [7, 11) is 0. The van der Waals surface area contributed by atoms with E-state index in [0.29, 0.717) is 0 Å². The smallest absolute Gasteiger partial charge is 0.261 e. The van der Waals surface area contributed by atoms with Gasteiger partial charge in [-0.3, -0.25) is 4.79 Å². The van der Waals surface area contributed by atoms with Gasteiger partial charge in [-0.2, -0.15) is 0 Å². The van der Waals surface area contributed by atoms with E-state index in [1.807, 2.05) is 13.0 Å². The van der Waals surface area contributed by atoms with E-state index in [2.05, 4.69) is 48.6 Å². The highest BCUT2D eigenvalue weighted by molar-refractivity contribution is 5.81. The molecule has 0 bridgehead atoms. The Morgan fingerprint density at radius 1 is 1.00 bits per heavy atom. The Bertz CT molecular complexity index is 736. The number of carbonyl (C=O) groups is 1. The van der Waals surface area contributed by atoms with Gasteiger partial charge in [-0.25, -0.2) is 0 Å². The van der Waals surface area contributed by atoms with Crippen molar-refractivity contribution in [2.45, 2.75) is 58.6 Å². The second-order valence-corrected chi connectivity index (χ2v) is 7.04. The lowest BCUT2D eigenvalue weighted by Crippen LogP contribution is -2.37. The largest absolute Gasteiger partial charge is 0.481 e. The van der Waals surface area contributed by atoms with Crippen molar-refractivity contribution in [2.75, 3.05) is 0 Å². The number of fused-ring (bicyclic) bond motifs is 1. The average molecular weight is 337 g/mol. The molecule has 1 amide bonds. The van der Waals surface area contributed by atoms with Gasteiger partial charge >= 0.3 is 0 Å². The minimum atomic E-state index is -0.519. The van der Waals surface area contributed by atoms with Gasteiger partial charge in [0.15, 0.2) is 6.10 Å². The van der Waals surface area contributed by atoms with Crippen LogP contribution in [-0.2, 0) is 17.6 Å². The van der Waals surface area contributed by atoms with Gasteiger partial charge in [0.1, 0.15) is 5.75 Å². The molecular formula is C22H27NO2. The number of ether oxygens (including phenoxy) is 1. The molecular weight excluding hydrogens is 310 g/mol. The number of amides is 1. The summed E-state index contributed by atoms with van der Waals surface area (Å²) in [6.45, 7) is 5.85. The van der Waals surface area contributed by atoms with Crippen molar-refractivity contribution < 1.29 is 9.53 Å². The zero-order valence-corrected chi connectivity index (χ0v) is 15.3. The van der Waals surface area contributed by atoms with E-state index < -0.39 is 6.10 Å². The molecule has 1 aliphatic carbocycles. The van der Waals surface area contributed by atoms with Crippen molar-refractivity contribution in [1.82, 2.24) is 5.32 Å². The highest BCUT2D eigenvalue weighted by Gasteiger charge is 2.18. The third-order valence-corrected chi connectivity index (χ3v) is 4.94. The number of nitrogens with one attached hydrogen (secondary N) is 1. The summed E-state index contributed by atoms with van der Waals surface area (Å²) >= 11 is 0. The lowest BCUT2D eigenvalue weighted by Gasteiger charge is -2.21. The zero-order chi connectivity index (χ0) is 17.8. The summed E-state index contributed by atoms with van der Waals surface area (Å²) in [5.74, 6) is 0.692. The van der Waals surface area contributed by atoms with Crippen molar-refractivity contribution in [1.29, 1.82) is 0 Å². The van der Waals surface area contributed by atoms with Gasteiger partial charge in [0.05, 0.1) is 6.04 Å². The molecule has 25 heavy (non-hydrogen) atoms. The van der Waals surface area contributed by atoms with Gasteiger partial charge < -0.3 is 10.1 Å². The molecule has 1 N–H and O–H groups in total. The Labute approximate surface area is 150 Å². The Balaban J connectivity index is 1.59. The summed E-state index contributed by atoms with van der Waals surface area (Å²) in [5, 5.41) is 3.03. The third-order valence-electron chi connectivity index (χ3n) is 4.94. The minimum absolute atomic E-state index is 0.0392. The fraction of sp³-hybridized carbons (Fsp3) is 0.409. The summed E-state index contributed by atoms with van der Waals surface area (Å²) < 4.78 is 5.89. The van der Waals surface area contributed by atoms with Crippen LogP contribution in [0.4, 0.5) is 0 Å². The van der Waals surface area contributed by atoms with Crippen LogP contribution >= 0.6 is 0 Å². The van der Waals surface area contributed by atoms with Crippen LogP contribution in [-0.4, -0.2) is 12.0 Å². The quantitative estimate of drug-likeness (QED) is 0.871. The molecule has 0 spiro atoms. The van der Waals surface area contributed by atoms with Crippen LogP contribution < -0.4 is 10.1 Å². The maximum absolute atomic E-state index is 12.5. The molecule has 3 heteroatoms. The first kappa shape index (κ1) is 17.5. The van der Waals surface area contributed by atoms with Gasteiger partial charge in [-0.1, -0.05) is 35.9 Å². The van der Waals surface area contributed by atoms with Gasteiger partial charge in [0.2, 0.25) is 0 Å². The van der Waals surface area contributed by atoms with Gasteiger partial charge in [0, 0.05) is 0 Å². The van der Waals surface area contributed by atoms with Crippen LogP contribution in [0.25, 0.3) is 0 Å². The van der Waals surface area contributed by atoms with E-state index in [1.54, 1.807) is 6.92 Å². The van der Waals surface area contributed by atoms with Gasteiger partial charge in [-0.15, -0.1) is 0 Å². The maximum atomic E-state index is 12.5. The average Bonchev–Trinajstić information content (AvgIpc) is 2.62. The molecule has 0 fully saturated rings. The second-order valence-electron chi connectivity index (χ2n) is 7.04. The number of carbonyl (C=O) groups excluding carboxylic acids is 1. The summed E-state index contributed by atoms with van der Waals surface area (Å²) in [6.07, 6.45) is 4.25. The second kappa shape index (κ2) is 7.73. The SMILES string of the molecule is Cc1ccc([C@H](C)NC(=O)[C@@H](C)Oc2ccc3c(c2)CCCC3)cc1. The van der Waals surface area contributed by atoms with Crippen LogP contribution in [0, 0.1) is 6.92 Å². The molecule has 2 aromatic rings. The van der Waals surface area contributed by atoms with Crippen molar-refractivity contribution in [3.63, 3.8) is 0 Å². The highest BCUT2D eigenvalue weighted by Crippen LogP contribution is 2.26. The van der Waals surface area contributed by atoms with E-state index in [-0.39, 0.29) is 11.9 Å². The van der Waals surface area contributed by atoms with E-state index >= 15 is 0 Å². The summed E-state index contributed by atoms with van der Waals surface area (Å²) in [6, 6.07) is 14.4. The molecule has 0 saturated heterocycles. The predicted octanol–water partition coefficient (Wildman–Crippen LogP) is 4.52. The minimum Gasteiger partial charge on any atom is -0.481 e. The molecule has 3 nitrogen and oxygen atoms in total. The number of aryl methyl sites for hydroxylation is 3. The molecule has 0 unspecified atom stereocenters. The monoisotopic (exact) mass is 337 g/mol. The molecule has 0 heterocycles. The number of rotatable bonds is 5. The van der Waals surface area contributed by atoms with E-state index in [4.69, 9.17) is 4.74 Å². The van der Waals surface area contributed by atoms with E-state index in [9.17, 15) is 4.79 Å². The molecule has 0 saturated carbocycles. The lowest BCUT2D eigenvalue weighted by atomic mass is 9.92. The fourth-order valence-electron chi connectivity index (χ4n) is 3.31. The number of benzene rings is 2. The predicted molar refractivity (Wildman–Crippen MR) is 101 cm³/mol. The molecule has 132 valence electrons. The molecule has 3 rings (SSSR count). The first-order valence-electron chi connectivity index (χ1n) is 9.18. The molecule has 2 atom stereocenters. The van der Waals surface area contributed by atoms with Crippen molar-refractivity contribution >= 4 is 5.91 Å². The zero-order valence-electron chi connectivity index (χ0n) is 15.3. The summed E-state index contributed by atoms with van der Waals surface area (Å²) in [4.78, 5) is 12.5. The first-order chi connectivity index (χ1) is 12.0. The molecule has 0 aliphatic heterocycles. The third kappa shape index (κ3) is 4.41. The number of hydrogen-bond acceptors (Lipinski definition) is 2. The van der Waals surface area contributed by atoms with E-state index in [1.165, 1.54) is 29.5 Å². The van der Waals surface area contributed by atoms with Crippen LogP contribution in [0.2, 0.25) is 0 Å².